The molecule has 0 aromatic heterocycles. The van der Waals surface area contributed by atoms with Crippen LogP contribution in [-0.2, 0) is 5.32 Å². The Labute approximate surface area is 159 Å². The van der Waals surface area contributed by atoms with E-state index in [1.807, 2.05) is 0 Å². The van der Waals surface area contributed by atoms with Crippen molar-refractivity contribution in [2.45, 2.75) is 12.2 Å². The number of hydrogen-bond acceptors (Lipinski definition) is 1. The third kappa shape index (κ3) is 3.83. The van der Waals surface area contributed by atoms with Crippen LogP contribution in [0.5, 0.6) is 0 Å². The van der Waals surface area contributed by atoms with Crippen LogP contribution < -0.4 is 4.46 Å². The van der Waals surface area contributed by atoms with Gasteiger partial charge in [-0.25, -0.2) is 0 Å². The number of aryl methyl sites for hydroxylation is 1. The van der Waals surface area contributed by atoms with Gasteiger partial charge < -0.3 is 0 Å². The van der Waals surface area contributed by atoms with Gasteiger partial charge in [0.25, 0.3) is 0 Å². The number of nitrogens with zero attached hydrogens (tertiary/aromatic N) is 1. The summed E-state index contributed by atoms with van der Waals surface area (Å²) in [5.41, 5.74) is 3.72. The second-order valence-electron chi connectivity index (χ2n) is 6.40. The van der Waals surface area contributed by atoms with Gasteiger partial charge >= 0.3 is 159 Å². The molecule has 0 amide bonds. The van der Waals surface area contributed by atoms with Gasteiger partial charge in [0.15, 0.2) is 0 Å². The standard InChI is InChI=1S/C24H21NSe/c1-19-14-16-22(17-15-19)25-26(18-20-8-3-2-4-9-20)24-13-7-11-21-10-5-6-12-23(21)24/h2-17H,18H2,1H3. The fraction of sp³-hybridized carbons (Fsp3) is 0.0833. The van der Waals surface area contributed by atoms with E-state index >= 15 is 0 Å². The quantitative estimate of drug-likeness (QED) is 0.387. The molecule has 0 radical (unpaired) electrons. The zero-order valence-electron chi connectivity index (χ0n) is 14.8. The zero-order valence-corrected chi connectivity index (χ0v) is 16.5. The molecule has 0 fully saturated rings. The summed E-state index contributed by atoms with van der Waals surface area (Å²) in [6, 6.07) is 34.6. The van der Waals surface area contributed by atoms with Gasteiger partial charge in [-0.1, -0.05) is 0 Å². The molecule has 0 aliphatic rings. The molecule has 0 heterocycles. The Kier molecular flexibility index (Phi) is 5.06. The third-order valence-electron chi connectivity index (χ3n) is 4.40. The second kappa shape index (κ2) is 7.78. The van der Waals surface area contributed by atoms with Crippen LogP contribution in [0.2, 0.25) is 0 Å². The summed E-state index contributed by atoms with van der Waals surface area (Å²) in [5.74, 6) is 0. The van der Waals surface area contributed by atoms with Crippen molar-refractivity contribution in [3.8, 4) is 0 Å². The molecule has 0 spiro atoms. The number of hydrogen-bond donors (Lipinski definition) is 0. The average Bonchev–Trinajstić information content (AvgIpc) is 2.69. The summed E-state index contributed by atoms with van der Waals surface area (Å²) in [6.45, 7) is 2.12. The molecule has 2 heteroatoms. The fourth-order valence-corrected chi connectivity index (χ4v) is 6.97. The van der Waals surface area contributed by atoms with E-state index in [-0.39, 0.29) is 0 Å². The predicted octanol–water partition coefficient (Wildman–Crippen LogP) is 5.73. The maximum absolute atomic E-state index is 5.24. The Morgan fingerprint density at radius 3 is 2.19 bits per heavy atom. The van der Waals surface area contributed by atoms with Crippen LogP contribution in [0.25, 0.3) is 10.8 Å². The first kappa shape index (κ1) is 16.9. The molecule has 0 N–H and O–H groups in total. The van der Waals surface area contributed by atoms with Crippen LogP contribution >= 0.6 is 0 Å². The Morgan fingerprint density at radius 2 is 1.38 bits per heavy atom. The van der Waals surface area contributed by atoms with E-state index in [2.05, 4.69) is 104 Å². The van der Waals surface area contributed by atoms with Crippen LogP contribution in [0.3, 0.4) is 0 Å². The summed E-state index contributed by atoms with van der Waals surface area (Å²) in [6.07, 6.45) is 0. The number of fused-ring (bicyclic) bond motifs is 1. The molecule has 1 nitrogen and oxygen atoms in total. The topological polar surface area (TPSA) is 12.4 Å². The summed E-state index contributed by atoms with van der Waals surface area (Å²) in [7, 11) is 0. The van der Waals surface area contributed by atoms with Gasteiger partial charge in [-0.3, -0.25) is 0 Å². The van der Waals surface area contributed by atoms with Crippen LogP contribution in [0.1, 0.15) is 11.1 Å². The van der Waals surface area contributed by atoms with Crippen LogP contribution in [0.4, 0.5) is 5.69 Å². The molecule has 4 aromatic carbocycles. The summed E-state index contributed by atoms with van der Waals surface area (Å²) < 4.78 is 6.65. The van der Waals surface area contributed by atoms with E-state index in [0.29, 0.717) is 0 Å². The molecule has 26 heavy (non-hydrogen) atoms. The minimum atomic E-state index is -1.42. The molecular weight excluding hydrogens is 381 g/mol. The monoisotopic (exact) mass is 403 g/mol. The molecule has 1 atom stereocenters. The van der Waals surface area contributed by atoms with Crippen molar-refractivity contribution in [2.24, 2.45) is 3.96 Å². The molecule has 128 valence electrons. The van der Waals surface area contributed by atoms with Crippen molar-refractivity contribution >= 4 is 34.6 Å². The van der Waals surface area contributed by atoms with Gasteiger partial charge in [-0.2, -0.15) is 0 Å². The van der Waals surface area contributed by atoms with Crippen LogP contribution in [-0.4, -0.2) is 13.7 Å². The minimum absolute atomic E-state index is 1.02. The van der Waals surface area contributed by atoms with Crippen molar-refractivity contribution in [2.75, 3.05) is 0 Å². The first-order chi connectivity index (χ1) is 12.8. The molecular formula is C24H21NSe. The van der Waals surface area contributed by atoms with Gasteiger partial charge in [-0.05, 0) is 0 Å². The van der Waals surface area contributed by atoms with Crippen molar-refractivity contribution in [1.29, 1.82) is 0 Å². The van der Waals surface area contributed by atoms with Crippen LogP contribution in [0, 0.1) is 6.92 Å². The molecule has 0 saturated carbocycles. The van der Waals surface area contributed by atoms with Crippen LogP contribution in [0.15, 0.2) is 101 Å². The van der Waals surface area contributed by atoms with Gasteiger partial charge in [0.1, 0.15) is 0 Å². The molecule has 0 bridgehead atoms. The summed E-state index contributed by atoms with van der Waals surface area (Å²) in [5, 5.41) is 3.65. The van der Waals surface area contributed by atoms with Crippen molar-refractivity contribution in [3.63, 3.8) is 0 Å². The van der Waals surface area contributed by atoms with Crippen molar-refractivity contribution in [3.05, 3.63) is 108 Å². The molecule has 0 aliphatic carbocycles. The Morgan fingerprint density at radius 1 is 0.692 bits per heavy atom. The zero-order chi connectivity index (χ0) is 17.8. The average molecular weight is 402 g/mol. The fourth-order valence-electron chi connectivity index (χ4n) is 3.03. The number of rotatable bonds is 4. The second-order valence-corrected chi connectivity index (χ2v) is 9.84. The van der Waals surface area contributed by atoms with Gasteiger partial charge in [0, 0.05) is 0 Å². The van der Waals surface area contributed by atoms with E-state index in [1.54, 1.807) is 0 Å². The molecule has 0 aliphatic heterocycles. The van der Waals surface area contributed by atoms with E-state index < -0.39 is 13.7 Å². The maximum atomic E-state index is 5.24. The first-order valence-electron chi connectivity index (χ1n) is 8.81. The molecule has 4 rings (SSSR count). The van der Waals surface area contributed by atoms with Crippen molar-refractivity contribution in [1.82, 2.24) is 0 Å². The normalized spacial score (nSPS) is 12.3. The SMILES string of the molecule is Cc1ccc(N=[Se](Cc2ccccc2)c2cccc3ccccc23)cc1. The van der Waals surface area contributed by atoms with Gasteiger partial charge in [0.2, 0.25) is 0 Å². The third-order valence-corrected chi connectivity index (χ3v) is 8.39. The molecule has 4 aromatic rings. The van der Waals surface area contributed by atoms with E-state index in [0.717, 1.165) is 11.0 Å². The predicted molar refractivity (Wildman–Crippen MR) is 113 cm³/mol. The number of benzene rings is 4. The van der Waals surface area contributed by atoms with E-state index in [1.165, 1.54) is 26.4 Å². The Bertz CT molecular complexity index is 1050. The van der Waals surface area contributed by atoms with Gasteiger partial charge in [0.05, 0.1) is 0 Å². The van der Waals surface area contributed by atoms with Gasteiger partial charge in [-0.15, -0.1) is 0 Å². The summed E-state index contributed by atoms with van der Waals surface area (Å²) >= 11 is -1.42. The first-order valence-corrected chi connectivity index (χ1v) is 11.6. The Balaban J connectivity index is 1.85. The Hall–Kier alpha value is -2.54. The molecule has 0 saturated heterocycles. The van der Waals surface area contributed by atoms with E-state index in [4.69, 9.17) is 3.96 Å². The molecule has 1 unspecified atom stereocenters. The van der Waals surface area contributed by atoms with Crippen molar-refractivity contribution < 1.29 is 0 Å². The van der Waals surface area contributed by atoms with E-state index in [9.17, 15) is 0 Å². The summed E-state index contributed by atoms with van der Waals surface area (Å²) in [4.78, 5) is 0.